The van der Waals surface area contributed by atoms with Crippen molar-refractivity contribution in [2.45, 2.75) is 19.4 Å². The molecule has 1 aromatic rings. The third-order valence-electron chi connectivity index (χ3n) is 1.62. The zero-order chi connectivity index (χ0) is 10.4. The maximum absolute atomic E-state index is 10.3. The number of carboxylic acid groups (broad SMARTS) is 1. The Labute approximate surface area is 82.3 Å². The molecule has 0 saturated heterocycles. The number of hydrogen-bond acceptors (Lipinski definition) is 3. The molecule has 0 aromatic carbocycles. The SMILES string of the molecule is CC(CC(=O)O)N=Cc1ccccn1. The van der Waals surface area contributed by atoms with Gasteiger partial charge < -0.3 is 5.11 Å². The Hall–Kier alpha value is -1.71. The van der Waals surface area contributed by atoms with Crippen molar-refractivity contribution in [3.05, 3.63) is 30.1 Å². The summed E-state index contributed by atoms with van der Waals surface area (Å²) in [5.74, 6) is -0.837. The molecule has 1 N–H and O–H groups in total. The molecule has 1 atom stereocenters. The van der Waals surface area contributed by atoms with Crippen molar-refractivity contribution in [3.63, 3.8) is 0 Å². The fourth-order valence-electron chi connectivity index (χ4n) is 0.961. The quantitative estimate of drug-likeness (QED) is 0.733. The number of aliphatic imine (C=N–C) groups is 1. The molecule has 0 fully saturated rings. The first-order valence-electron chi connectivity index (χ1n) is 4.34. The lowest BCUT2D eigenvalue weighted by atomic mass is 10.2. The van der Waals surface area contributed by atoms with Gasteiger partial charge in [-0.2, -0.15) is 0 Å². The first kappa shape index (κ1) is 10.4. The average Bonchev–Trinajstić information content (AvgIpc) is 2.15. The fraction of sp³-hybridized carbons (Fsp3) is 0.300. The highest BCUT2D eigenvalue weighted by Gasteiger charge is 2.03. The highest BCUT2D eigenvalue weighted by Crippen LogP contribution is 1.97. The van der Waals surface area contributed by atoms with Gasteiger partial charge in [-0.05, 0) is 19.1 Å². The Morgan fingerprint density at radius 2 is 2.50 bits per heavy atom. The van der Waals surface area contributed by atoms with E-state index in [1.807, 2.05) is 18.2 Å². The largest absolute Gasteiger partial charge is 0.481 e. The second-order valence-corrected chi connectivity index (χ2v) is 2.98. The fourth-order valence-corrected chi connectivity index (χ4v) is 0.961. The Kier molecular flexibility index (Phi) is 3.79. The highest BCUT2D eigenvalue weighted by molar-refractivity contribution is 5.77. The van der Waals surface area contributed by atoms with E-state index in [1.54, 1.807) is 19.3 Å². The molecule has 1 rings (SSSR count). The summed E-state index contributed by atoms with van der Waals surface area (Å²) in [4.78, 5) is 18.4. The summed E-state index contributed by atoms with van der Waals surface area (Å²) in [6.07, 6.45) is 3.31. The Bertz CT molecular complexity index is 322. The van der Waals surface area contributed by atoms with Crippen LogP contribution in [-0.2, 0) is 4.79 Å². The minimum atomic E-state index is -0.837. The third kappa shape index (κ3) is 3.80. The number of hydrogen-bond donors (Lipinski definition) is 1. The predicted molar refractivity (Wildman–Crippen MR) is 53.5 cm³/mol. The van der Waals surface area contributed by atoms with E-state index in [2.05, 4.69) is 9.98 Å². The van der Waals surface area contributed by atoms with Crippen molar-refractivity contribution in [1.29, 1.82) is 0 Å². The summed E-state index contributed by atoms with van der Waals surface area (Å²) in [5.41, 5.74) is 0.740. The summed E-state index contributed by atoms with van der Waals surface area (Å²) < 4.78 is 0. The molecule has 1 aromatic heterocycles. The molecular formula is C10H12N2O2. The van der Waals surface area contributed by atoms with Crippen LogP contribution in [0, 0.1) is 0 Å². The van der Waals surface area contributed by atoms with E-state index in [9.17, 15) is 4.79 Å². The predicted octanol–water partition coefficient (Wildman–Crippen LogP) is 1.36. The zero-order valence-electron chi connectivity index (χ0n) is 7.92. The van der Waals surface area contributed by atoms with Gasteiger partial charge >= 0.3 is 5.97 Å². The molecule has 74 valence electrons. The molecule has 4 nitrogen and oxygen atoms in total. The standard InChI is InChI=1S/C10H12N2O2/c1-8(6-10(13)14)12-7-9-4-2-3-5-11-9/h2-5,7-8H,6H2,1H3,(H,13,14). The Morgan fingerprint density at radius 1 is 1.71 bits per heavy atom. The van der Waals surface area contributed by atoms with Gasteiger partial charge in [0.05, 0.1) is 18.2 Å². The van der Waals surface area contributed by atoms with Crippen LogP contribution in [0.4, 0.5) is 0 Å². The lowest BCUT2D eigenvalue weighted by Gasteiger charge is -2.00. The van der Waals surface area contributed by atoms with Gasteiger partial charge in [-0.1, -0.05) is 6.07 Å². The van der Waals surface area contributed by atoms with Crippen LogP contribution in [0.1, 0.15) is 19.0 Å². The van der Waals surface area contributed by atoms with Gasteiger partial charge in [0.25, 0.3) is 0 Å². The molecule has 0 amide bonds. The first-order valence-corrected chi connectivity index (χ1v) is 4.34. The van der Waals surface area contributed by atoms with Crippen LogP contribution in [0.15, 0.2) is 29.4 Å². The van der Waals surface area contributed by atoms with Gasteiger partial charge in [0.15, 0.2) is 0 Å². The minimum absolute atomic E-state index is 0.0450. The molecule has 4 heteroatoms. The van der Waals surface area contributed by atoms with Gasteiger partial charge in [0, 0.05) is 12.4 Å². The van der Waals surface area contributed by atoms with Crippen molar-refractivity contribution in [2.24, 2.45) is 4.99 Å². The summed E-state index contributed by atoms with van der Waals surface area (Å²) in [6, 6.07) is 5.28. The van der Waals surface area contributed by atoms with Crippen molar-refractivity contribution in [3.8, 4) is 0 Å². The summed E-state index contributed by atoms with van der Waals surface area (Å²) >= 11 is 0. The van der Waals surface area contributed by atoms with E-state index < -0.39 is 5.97 Å². The smallest absolute Gasteiger partial charge is 0.305 e. The molecule has 0 aliphatic heterocycles. The van der Waals surface area contributed by atoms with Crippen molar-refractivity contribution < 1.29 is 9.90 Å². The molecule has 0 spiro atoms. The molecular weight excluding hydrogens is 180 g/mol. The maximum atomic E-state index is 10.3. The van der Waals surface area contributed by atoms with Gasteiger partial charge in [-0.3, -0.25) is 14.8 Å². The number of aliphatic carboxylic acids is 1. The second kappa shape index (κ2) is 5.11. The summed E-state index contributed by atoms with van der Waals surface area (Å²) in [6.45, 7) is 1.76. The van der Waals surface area contributed by atoms with E-state index in [0.717, 1.165) is 5.69 Å². The van der Waals surface area contributed by atoms with E-state index in [1.165, 1.54) is 0 Å². The lowest BCUT2D eigenvalue weighted by molar-refractivity contribution is -0.137. The van der Waals surface area contributed by atoms with Gasteiger partial charge in [0.1, 0.15) is 0 Å². The lowest BCUT2D eigenvalue weighted by Crippen LogP contribution is -2.07. The van der Waals surface area contributed by atoms with Crippen LogP contribution in [0.25, 0.3) is 0 Å². The van der Waals surface area contributed by atoms with Crippen molar-refractivity contribution >= 4 is 12.2 Å². The number of aromatic nitrogens is 1. The number of carbonyl (C=O) groups is 1. The third-order valence-corrected chi connectivity index (χ3v) is 1.62. The second-order valence-electron chi connectivity index (χ2n) is 2.98. The van der Waals surface area contributed by atoms with Crippen LogP contribution < -0.4 is 0 Å². The molecule has 1 heterocycles. The van der Waals surface area contributed by atoms with Crippen LogP contribution in [0.3, 0.4) is 0 Å². The minimum Gasteiger partial charge on any atom is -0.481 e. The molecule has 0 aliphatic rings. The van der Waals surface area contributed by atoms with E-state index in [-0.39, 0.29) is 12.5 Å². The summed E-state index contributed by atoms with van der Waals surface area (Å²) in [5, 5.41) is 8.49. The number of carboxylic acids is 1. The number of rotatable bonds is 4. The van der Waals surface area contributed by atoms with Crippen LogP contribution in [0.5, 0.6) is 0 Å². The molecule has 0 bridgehead atoms. The normalized spacial score (nSPS) is 12.9. The molecule has 0 saturated carbocycles. The monoisotopic (exact) mass is 192 g/mol. The molecule has 0 radical (unpaired) electrons. The Morgan fingerprint density at radius 3 is 3.07 bits per heavy atom. The van der Waals surface area contributed by atoms with Gasteiger partial charge in [-0.25, -0.2) is 0 Å². The van der Waals surface area contributed by atoms with Crippen molar-refractivity contribution in [2.75, 3.05) is 0 Å². The topological polar surface area (TPSA) is 62.5 Å². The molecule has 14 heavy (non-hydrogen) atoms. The maximum Gasteiger partial charge on any atom is 0.305 e. The molecule has 0 aliphatic carbocycles. The van der Waals surface area contributed by atoms with Gasteiger partial charge in [-0.15, -0.1) is 0 Å². The highest BCUT2D eigenvalue weighted by atomic mass is 16.4. The van der Waals surface area contributed by atoms with Crippen LogP contribution in [-0.4, -0.2) is 28.3 Å². The number of nitrogens with zero attached hydrogens (tertiary/aromatic N) is 2. The van der Waals surface area contributed by atoms with Gasteiger partial charge in [0.2, 0.25) is 0 Å². The average molecular weight is 192 g/mol. The molecule has 1 unspecified atom stereocenters. The van der Waals surface area contributed by atoms with E-state index in [4.69, 9.17) is 5.11 Å². The van der Waals surface area contributed by atoms with Crippen LogP contribution in [0.2, 0.25) is 0 Å². The van der Waals surface area contributed by atoms with Crippen molar-refractivity contribution in [1.82, 2.24) is 4.98 Å². The number of pyridine rings is 1. The first-order chi connectivity index (χ1) is 6.68. The Balaban J connectivity index is 2.52. The van der Waals surface area contributed by atoms with E-state index in [0.29, 0.717) is 0 Å². The summed E-state index contributed by atoms with van der Waals surface area (Å²) in [7, 11) is 0. The van der Waals surface area contributed by atoms with Crippen LogP contribution >= 0.6 is 0 Å². The zero-order valence-corrected chi connectivity index (χ0v) is 7.92. The van der Waals surface area contributed by atoms with E-state index >= 15 is 0 Å².